The van der Waals surface area contributed by atoms with Crippen molar-refractivity contribution < 1.29 is 9.26 Å². The molecule has 0 radical (unpaired) electrons. The maximum atomic E-state index is 5.75. The smallest absolute Gasteiger partial charge is 0.141 e. The molecule has 0 spiro atoms. The molecule has 23 heavy (non-hydrogen) atoms. The van der Waals surface area contributed by atoms with Crippen molar-refractivity contribution in [3.8, 4) is 11.1 Å². The predicted molar refractivity (Wildman–Crippen MR) is 94.1 cm³/mol. The Morgan fingerprint density at radius 2 is 1.87 bits per heavy atom. The summed E-state index contributed by atoms with van der Waals surface area (Å²) in [5, 5.41) is 3.90. The molecule has 1 heterocycles. The van der Waals surface area contributed by atoms with Crippen LogP contribution in [0.2, 0.25) is 0 Å². The molecule has 0 bridgehead atoms. The van der Waals surface area contributed by atoms with Crippen molar-refractivity contribution in [2.24, 2.45) is 0 Å². The number of aromatic nitrogens is 1. The SMILES string of the molecule is CCOC1CCCC1.Cc1noc(C)c1-c1ccc(N)c(N)c1. The summed E-state index contributed by atoms with van der Waals surface area (Å²) in [7, 11) is 0. The van der Waals surface area contributed by atoms with E-state index in [1.54, 1.807) is 6.07 Å². The molecule has 5 heteroatoms. The second-order valence-electron chi connectivity index (χ2n) is 5.90. The van der Waals surface area contributed by atoms with Gasteiger partial charge in [0, 0.05) is 12.2 Å². The lowest BCUT2D eigenvalue weighted by molar-refractivity contribution is 0.0685. The third-order valence-corrected chi connectivity index (χ3v) is 4.11. The summed E-state index contributed by atoms with van der Waals surface area (Å²) in [6.45, 7) is 6.74. The molecule has 3 rings (SSSR count). The van der Waals surface area contributed by atoms with E-state index in [9.17, 15) is 0 Å². The number of benzene rings is 1. The number of aryl methyl sites for hydroxylation is 2. The molecule has 0 atom stereocenters. The van der Waals surface area contributed by atoms with Gasteiger partial charge in [0.15, 0.2) is 0 Å². The number of nitrogens with zero attached hydrogens (tertiary/aromatic N) is 1. The molecule has 0 saturated heterocycles. The van der Waals surface area contributed by atoms with Gasteiger partial charge >= 0.3 is 0 Å². The van der Waals surface area contributed by atoms with Crippen LogP contribution in [-0.4, -0.2) is 17.9 Å². The lowest BCUT2D eigenvalue weighted by atomic mass is 10.0. The molecule has 1 saturated carbocycles. The number of rotatable bonds is 3. The highest BCUT2D eigenvalue weighted by Crippen LogP contribution is 2.30. The fraction of sp³-hybridized carbons (Fsp3) is 0.500. The van der Waals surface area contributed by atoms with Crippen LogP contribution in [0.25, 0.3) is 11.1 Å². The zero-order chi connectivity index (χ0) is 16.8. The first-order chi connectivity index (χ1) is 11.0. The Hall–Kier alpha value is -2.01. The Labute approximate surface area is 138 Å². The minimum atomic E-state index is 0.576. The van der Waals surface area contributed by atoms with E-state index >= 15 is 0 Å². The monoisotopic (exact) mass is 317 g/mol. The van der Waals surface area contributed by atoms with E-state index in [2.05, 4.69) is 12.1 Å². The fourth-order valence-corrected chi connectivity index (χ4v) is 2.92. The predicted octanol–water partition coefficient (Wildman–Crippen LogP) is 4.09. The van der Waals surface area contributed by atoms with E-state index in [0.717, 1.165) is 29.2 Å². The number of hydrogen-bond acceptors (Lipinski definition) is 5. The van der Waals surface area contributed by atoms with Crippen LogP contribution in [0.3, 0.4) is 0 Å². The molecule has 0 unspecified atom stereocenters. The van der Waals surface area contributed by atoms with Crippen LogP contribution in [0, 0.1) is 13.8 Å². The van der Waals surface area contributed by atoms with Crippen LogP contribution in [0.4, 0.5) is 11.4 Å². The quantitative estimate of drug-likeness (QED) is 0.833. The molecule has 1 aliphatic carbocycles. The third-order valence-electron chi connectivity index (χ3n) is 4.11. The van der Waals surface area contributed by atoms with Gasteiger partial charge in [-0.1, -0.05) is 24.1 Å². The average molecular weight is 317 g/mol. The zero-order valence-electron chi connectivity index (χ0n) is 14.3. The van der Waals surface area contributed by atoms with E-state index in [4.69, 9.17) is 20.7 Å². The minimum absolute atomic E-state index is 0.576. The molecular weight excluding hydrogens is 290 g/mol. The van der Waals surface area contributed by atoms with Gasteiger partial charge in [-0.2, -0.15) is 0 Å². The van der Waals surface area contributed by atoms with Crippen LogP contribution in [0.5, 0.6) is 0 Å². The molecule has 1 aliphatic rings. The van der Waals surface area contributed by atoms with Gasteiger partial charge in [-0.3, -0.25) is 0 Å². The normalized spacial score (nSPS) is 14.6. The van der Waals surface area contributed by atoms with Crippen LogP contribution in [0.15, 0.2) is 22.7 Å². The van der Waals surface area contributed by atoms with Gasteiger partial charge in [-0.25, -0.2) is 0 Å². The van der Waals surface area contributed by atoms with Gasteiger partial charge in [0.1, 0.15) is 5.76 Å². The van der Waals surface area contributed by atoms with Crippen molar-refractivity contribution in [2.45, 2.75) is 52.6 Å². The van der Waals surface area contributed by atoms with Crippen molar-refractivity contribution in [3.05, 3.63) is 29.7 Å². The molecule has 1 fully saturated rings. The van der Waals surface area contributed by atoms with E-state index in [-0.39, 0.29) is 0 Å². The van der Waals surface area contributed by atoms with Gasteiger partial charge in [-0.15, -0.1) is 0 Å². The standard InChI is InChI=1S/C11H13N3O.C7H14O/c1-6-11(7(2)15-14-6)8-3-4-9(12)10(13)5-8;1-2-8-7-5-3-4-6-7/h3-5H,12-13H2,1-2H3;7H,2-6H2,1H3. The molecule has 0 aliphatic heterocycles. The molecule has 1 aromatic carbocycles. The molecular formula is C18H27N3O2. The summed E-state index contributed by atoms with van der Waals surface area (Å²) in [6.07, 6.45) is 5.97. The Bertz CT molecular complexity index is 612. The van der Waals surface area contributed by atoms with Crippen molar-refractivity contribution >= 4 is 11.4 Å². The summed E-state index contributed by atoms with van der Waals surface area (Å²) < 4.78 is 10.5. The van der Waals surface area contributed by atoms with Gasteiger partial charge in [0.05, 0.1) is 23.2 Å². The summed E-state index contributed by atoms with van der Waals surface area (Å²) in [4.78, 5) is 0. The van der Waals surface area contributed by atoms with E-state index in [0.29, 0.717) is 17.5 Å². The minimum Gasteiger partial charge on any atom is -0.397 e. The molecule has 1 aromatic heterocycles. The van der Waals surface area contributed by atoms with E-state index < -0.39 is 0 Å². The molecule has 5 nitrogen and oxygen atoms in total. The molecule has 126 valence electrons. The maximum absolute atomic E-state index is 5.75. The van der Waals surface area contributed by atoms with E-state index in [1.807, 2.05) is 26.0 Å². The Balaban J connectivity index is 0.000000203. The Morgan fingerprint density at radius 1 is 1.17 bits per heavy atom. The number of anilines is 2. The molecule has 2 aromatic rings. The van der Waals surface area contributed by atoms with Crippen LogP contribution >= 0.6 is 0 Å². The van der Waals surface area contributed by atoms with Gasteiger partial charge in [0.2, 0.25) is 0 Å². The average Bonchev–Trinajstić information content (AvgIpc) is 3.14. The Morgan fingerprint density at radius 3 is 2.39 bits per heavy atom. The summed E-state index contributed by atoms with van der Waals surface area (Å²) in [5.74, 6) is 0.789. The second kappa shape index (κ2) is 8.02. The van der Waals surface area contributed by atoms with Gasteiger partial charge in [-0.05, 0) is 51.3 Å². The first-order valence-corrected chi connectivity index (χ1v) is 8.22. The Kier molecular flexibility index (Phi) is 6.04. The third kappa shape index (κ3) is 4.48. The summed E-state index contributed by atoms with van der Waals surface area (Å²) >= 11 is 0. The lowest BCUT2D eigenvalue weighted by Gasteiger charge is -2.06. The largest absolute Gasteiger partial charge is 0.397 e. The van der Waals surface area contributed by atoms with Crippen molar-refractivity contribution in [2.75, 3.05) is 18.1 Å². The summed E-state index contributed by atoms with van der Waals surface area (Å²) in [5.41, 5.74) is 15.4. The van der Waals surface area contributed by atoms with E-state index in [1.165, 1.54) is 25.7 Å². The zero-order valence-corrected chi connectivity index (χ0v) is 14.3. The molecule has 0 amide bonds. The van der Waals surface area contributed by atoms with Crippen LogP contribution < -0.4 is 11.5 Å². The highest BCUT2D eigenvalue weighted by molar-refractivity contribution is 5.76. The van der Waals surface area contributed by atoms with Crippen molar-refractivity contribution in [3.63, 3.8) is 0 Å². The second-order valence-corrected chi connectivity index (χ2v) is 5.90. The topological polar surface area (TPSA) is 87.3 Å². The number of hydrogen-bond donors (Lipinski definition) is 2. The summed E-state index contributed by atoms with van der Waals surface area (Å²) in [6, 6.07) is 5.54. The maximum Gasteiger partial charge on any atom is 0.141 e. The highest BCUT2D eigenvalue weighted by Gasteiger charge is 2.13. The first-order valence-electron chi connectivity index (χ1n) is 8.22. The fourth-order valence-electron chi connectivity index (χ4n) is 2.92. The van der Waals surface area contributed by atoms with Gasteiger partial charge < -0.3 is 20.7 Å². The number of ether oxygens (including phenoxy) is 1. The van der Waals surface area contributed by atoms with Crippen molar-refractivity contribution in [1.82, 2.24) is 5.16 Å². The van der Waals surface area contributed by atoms with Crippen molar-refractivity contribution in [1.29, 1.82) is 0 Å². The van der Waals surface area contributed by atoms with Crippen LogP contribution in [-0.2, 0) is 4.74 Å². The number of nitrogens with two attached hydrogens (primary N) is 2. The van der Waals surface area contributed by atoms with Crippen LogP contribution in [0.1, 0.15) is 44.1 Å². The first kappa shape index (κ1) is 17.3. The molecule has 4 N–H and O–H groups in total. The number of nitrogen functional groups attached to an aromatic ring is 2. The van der Waals surface area contributed by atoms with Gasteiger partial charge in [0.25, 0.3) is 0 Å². The lowest BCUT2D eigenvalue weighted by Crippen LogP contribution is -2.05. The highest BCUT2D eigenvalue weighted by atomic mass is 16.5.